The summed E-state index contributed by atoms with van der Waals surface area (Å²) in [5, 5.41) is 6.04. The number of nitrogens with zero attached hydrogens (tertiary/aromatic N) is 2. The summed E-state index contributed by atoms with van der Waals surface area (Å²) in [6, 6.07) is 6.38. The molecule has 0 saturated carbocycles. The first kappa shape index (κ1) is 19.7. The van der Waals surface area contributed by atoms with E-state index in [1.165, 1.54) is 0 Å². The van der Waals surface area contributed by atoms with E-state index in [2.05, 4.69) is 20.6 Å². The summed E-state index contributed by atoms with van der Waals surface area (Å²) in [5.74, 6) is -0.527. The smallest absolute Gasteiger partial charge is 0.357 e. The van der Waals surface area contributed by atoms with Gasteiger partial charge in [-0.05, 0) is 42.7 Å². The van der Waals surface area contributed by atoms with Crippen molar-refractivity contribution in [1.29, 1.82) is 0 Å². The minimum Gasteiger partial charge on any atom is -0.357 e. The number of halogens is 4. The molecule has 0 spiro atoms. The molecule has 1 aromatic heterocycles. The molecule has 0 radical (unpaired) electrons. The molecule has 0 unspecified atom stereocenters. The van der Waals surface area contributed by atoms with Gasteiger partial charge in [-0.15, -0.1) is 0 Å². The Morgan fingerprint density at radius 2 is 2.00 bits per heavy atom. The summed E-state index contributed by atoms with van der Waals surface area (Å²) in [4.78, 5) is 8.20. The summed E-state index contributed by atoms with van der Waals surface area (Å²) in [5.41, 5.74) is -0.0513. The summed E-state index contributed by atoms with van der Waals surface area (Å²) < 4.78 is 52.3. The van der Waals surface area contributed by atoms with Crippen molar-refractivity contribution >= 4 is 5.96 Å². The number of hydrogen-bond donors (Lipinski definition) is 2. The maximum Gasteiger partial charge on any atom is 0.416 e. The molecule has 0 amide bonds. The third kappa shape index (κ3) is 6.02. The van der Waals surface area contributed by atoms with Crippen LogP contribution in [0.5, 0.6) is 0 Å². The summed E-state index contributed by atoms with van der Waals surface area (Å²) in [6.07, 6.45) is -0.495. The van der Waals surface area contributed by atoms with E-state index in [9.17, 15) is 17.6 Å². The number of pyridine rings is 1. The lowest BCUT2D eigenvalue weighted by molar-refractivity contribution is -0.138. The Morgan fingerprint density at radius 3 is 2.65 bits per heavy atom. The minimum absolute atomic E-state index is 0.0802. The van der Waals surface area contributed by atoms with Gasteiger partial charge in [0.25, 0.3) is 0 Å². The fourth-order valence-electron chi connectivity index (χ4n) is 2.33. The van der Waals surface area contributed by atoms with E-state index in [0.29, 0.717) is 31.5 Å². The van der Waals surface area contributed by atoms with Crippen LogP contribution in [0.1, 0.15) is 23.6 Å². The Kier molecular flexibility index (Phi) is 6.94. The second-order valence-electron chi connectivity index (χ2n) is 5.53. The Hall–Kier alpha value is -2.64. The number of guanidine groups is 1. The molecule has 26 heavy (non-hydrogen) atoms. The van der Waals surface area contributed by atoms with Crippen LogP contribution in [0.4, 0.5) is 17.6 Å². The van der Waals surface area contributed by atoms with E-state index in [-0.39, 0.29) is 12.1 Å². The minimum atomic E-state index is -4.63. The van der Waals surface area contributed by atoms with Crippen LogP contribution in [0.2, 0.25) is 0 Å². The van der Waals surface area contributed by atoms with Gasteiger partial charge in [-0.3, -0.25) is 4.98 Å². The highest BCUT2D eigenvalue weighted by Crippen LogP contribution is 2.32. The van der Waals surface area contributed by atoms with E-state index in [0.717, 1.165) is 17.7 Å². The van der Waals surface area contributed by atoms with Crippen molar-refractivity contribution in [3.8, 4) is 0 Å². The maximum absolute atomic E-state index is 13.2. The topological polar surface area (TPSA) is 49.3 Å². The van der Waals surface area contributed by atoms with Gasteiger partial charge in [-0.1, -0.05) is 12.1 Å². The van der Waals surface area contributed by atoms with Gasteiger partial charge in [-0.25, -0.2) is 9.38 Å². The normalized spacial score (nSPS) is 12.1. The lowest BCUT2D eigenvalue weighted by atomic mass is 10.1. The zero-order valence-corrected chi connectivity index (χ0v) is 14.3. The van der Waals surface area contributed by atoms with E-state index >= 15 is 0 Å². The molecule has 2 N–H and O–H groups in total. The van der Waals surface area contributed by atoms with Gasteiger partial charge in [0.2, 0.25) is 0 Å². The summed E-state index contributed by atoms with van der Waals surface area (Å²) >= 11 is 0. The molecule has 0 bridgehead atoms. The highest BCUT2D eigenvalue weighted by molar-refractivity contribution is 5.79. The van der Waals surface area contributed by atoms with E-state index in [1.54, 1.807) is 12.4 Å². The number of benzene rings is 1. The Balaban J connectivity index is 2.04. The van der Waals surface area contributed by atoms with Crippen molar-refractivity contribution in [2.45, 2.75) is 26.1 Å². The molecule has 140 valence electrons. The fourth-order valence-corrected chi connectivity index (χ4v) is 2.33. The van der Waals surface area contributed by atoms with Gasteiger partial charge in [0.1, 0.15) is 5.82 Å². The lowest BCUT2D eigenvalue weighted by Crippen LogP contribution is -2.38. The van der Waals surface area contributed by atoms with Gasteiger partial charge in [0.15, 0.2) is 5.96 Å². The van der Waals surface area contributed by atoms with Gasteiger partial charge in [-0.2, -0.15) is 13.2 Å². The van der Waals surface area contributed by atoms with Crippen molar-refractivity contribution in [2.24, 2.45) is 4.99 Å². The Morgan fingerprint density at radius 1 is 1.19 bits per heavy atom. The first-order valence-corrected chi connectivity index (χ1v) is 8.17. The monoisotopic (exact) mass is 368 g/mol. The third-order valence-electron chi connectivity index (χ3n) is 3.56. The average Bonchev–Trinajstić information content (AvgIpc) is 2.60. The predicted octanol–water partition coefficient (Wildman–Crippen LogP) is 3.54. The second kappa shape index (κ2) is 9.17. The van der Waals surface area contributed by atoms with Gasteiger partial charge in [0.05, 0.1) is 12.1 Å². The highest BCUT2D eigenvalue weighted by atomic mass is 19.4. The van der Waals surface area contributed by atoms with Crippen LogP contribution in [0.25, 0.3) is 0 Å². The quantitative estimate of drug-likeness (QED) is 0.466. The summed E-state index contributed by atoms with van der Waals surface area (Å²) in [6.45, 7) is 2.76. The Bertz CT molecular complexity index is 730. The molecular formula is C18H20F4N4. The largest absolute Gasteiger partial charge is 0.416 e. The Labute approximate surface area is 149 Å². The number of nitrogens with one attached hydrogen (secondary N) is 2. The molecule has 4 nitrogen and oxygen atoms in total. The number of alkyl halides is 3. The zero-order valence-electron chi connectivity index (χ0n) is 14.3. The molecule has 0 aliphatic heterocycles. The molecule has 2 rings (SSSR count). The van der Waals surface area contributed by atoms with Crippen LogP contribution >= 0.6 is 0 Å². The van der Waals surface area contributed by atoms with Crippen molar-refractivity contribution in [3.63, 3.8) is 0 Å². The van der Waals surface area contributed by atoms with Crippen LogP contribution in [0.15, 0.2) is 47.7 Å². The molecule has 1 heterocycles. The van der Waals surface area contributed by atoms with Gasteiger partial charge >= 0.3 is 6.18 Å². The van der Waals surface area contributed by atoms with Crippen LogP contribution in [0, 0.1) is 5.82 Å². The zero-order chi connectivity index (χ0) is 19.0. The first-order valence-electron chi connectivity index (χ1n) is 8.17. The van der Waals surface area contributed by atoms with Crippen LogP contribution in [-0.2, 0) is 19.1 Å². The molecule has 0 atom stereocenters. The van der Waals surface area contributed by atoms with Gasteiger partial charge < -0.3 is 10.6 Å². The van der Waals surface area contributed by atoms with Crippen molar-refractivity contribution in [1.82, 2.24) is 15.6 Å². The van der Waals surface area contributed by atoms with E-state index < -0.39 is 17.6 Å². The number of rotatable bonds is 6. The molecule has 1 aromatic carbocycles. The average molecular weight is 368 g/mol. The molecule has 8 heteroatoms. The molecule has 0 saturated heterocycles. The van der Waals surface area contributed by atoms with E-state index in [4.69, 9.17) is 0 Å². The van der Waals surface area contributed by atoms with Crippen molar-refractivity contribution in [2.75, 3.05) is 13.1 Å². The SMILES string of the molecule is CCNC(=NCc1ccc(F)cc1C(F)(F)F)NCCc1cccnc1. The maximum atomic E-state index is 13.2. The number of aliphatic imine (C=N–C) groups is 1. The standard InChI is InChI=1S/C18H20F4N4/c1-2-24-17(25-9-7-13-4-3-8-23-11-13)26-12-14-5-6-15(19)10-16(14)18(20,21)22/h3-6,8,10-11H,2,7,9,12H2,1H3,(H2,24,25,26). The number of aromatic nitrogens is 1. The van der Waals surface area contributed by atoms with Gasteiger partial charge in [0, 0.05) is 25.5 Å². The molecular weight excluding hydrogens is 348 g/mol. The molecule has 0 aliphatic carbocycles. The third-order valence-corrected chi connectivity index (χ3v) is 3.56. The number of hydrogen-bond acceptors (Lipinski definition) is 2. The van der Waals surface area contributed by atoms with Crippen LogP contribution in [-0.4, -0.2) is 24.0 Å². The fraction of sp³-hybridized carbons (Fsp3) is 0.333. The van der Waals surface area contributed by atoms with E-state index in [1.807, 2.05) is 19.1 Å². The van der Waals surface area contributed by atoms with Crippen molar-refractivity contribution < 1.29 is 17.6 Å². The molecule has 0 aliphatic rings. The summed E-state index contributed by atoms with van der Waals surface area (Å²) in [7, 11) is 0. The first-order chi connectivity index (χ1) is 12.4. The molecule has 2 aromatic rings. The van der Waals surface area contributed by atoms with Crippen LogP contribution < -0.4 is 10.6 Å². The molecule has 0 fully saturated rings. The van der Waals surface area contributed by atoms with Crippen LogP contribution in [0.3, 0.4) is 0 Å². The second-order valence-corrected chi connectivity index (χ2v) is 5.53. The predicted molar refractivity (Wildman–Crippen MR) is 92.2 cm³/mol. The van der Waals surface area contributed by atoms with Crippen molar-refractivity contribution in [3.05, 3.63) is 65.2 Å². The highest BCUT2D eigenvalue weighted by Gasteiger charge is 2.33. The lowest BCUT2D eigenvalue weighted by Gasteiger charge is -2.14.